The standard InChI is InChI=1S/C18H18ClFN2O2/c1-11(24-17-8-7-12(20)10-14(17)19)18(23)22-9-3-4-13-15(21)5-2-6-16(13)22/h2,5-8,10-11H,3-4,9,21H2,1H3. The number of carbonyl (C=O) groups excluding carboxylic acids is 1. The number of ether oxygens (including phenoxy) is 1. The van der Waals surface area contributed by atoms with E-state index in [0.717, 1.165) is 30.2 Å². The SMILES string of the molecule is CC(Oc1ccc(F)cc1Cl)C(=O)N1CCCc2c(N)cccc21. The molecule has 0 spiro atoms. The lowest BCUT2D eigenvalue weighted by atomic mass is 9.99. The van der Waals surface area contributed by atoms with Crippen LogP contribution in [0.4, 0.5) is 15.8 Å². The number of hydrogen-bond donors (Lipinski definition) is 1. The lowest BCUT2D eigenvalue weighted by Crippen LogP contribution is -2.43. The van der Waals surface area contributed by atoms with Gasteiger partial charge in [-0.15, -0.1) is 0 Å². The molecule has 0 aromatic heterocycles. The Morgan fingerprint density at radius 2 is 2.17 bits per heavy atom. The molecule has 1 unspecified atom stereocenters. The third kappa shape index (κ3) is 3.17. The van der Waals surface area contributed by atoms with Gasteiger partial charge in [-0.2, -0.15) is 0 Å². The summed E-state index contributed by atoms with van der Waals surface area (Å²) in [4.78, 5) is 14.5. The van der Waals surface area contributed by atoms with Crippen molar-refractivity contribution in [2.45, 2.75) is 25.9 Å². The largest absolute Gasteiger partial charge is 0.479 e. The second-order valence-corrected chi connectivity index (χ2v) is 6.18. The molecule has 1 aliphatic rings. The van der Waals surface area contributed by atoms with Gasteiger partial charge in [0, 0.05) is 17.9 Å². The molecular weight excluding hydrogens is 331 g/mol. The Hall–Kier alpha value is -2.27. The number of hydrogen-bond acceptors (Lipinski definition) is 3. The molecule has 2 aromatic rings. The fourth-order valence-electron chi connectivity index (χ4n) is 2.91. The Bertz CT molecular complexity index is 782. The molecule has 0 radical (unpaired) electrons. The van der Waals surface area contributed by atoms with E-state index in [9.17, 15) is 9.18 Å². The maximum atomic E-state index is 13.1. The van der Waals surface area contributed by atoms with E-state index >= 15 is 0 Å². The molecule has 1 aliphatic heterocycles. The number of amides is 1. The minimum absolute atomic E-state index is 0.137. The fraction of sp³-hybridized carbons (Fsp3) is 0.278. The van der Waals surface area contributed by atoms with E-state index in [1.54, 1.807) is 11.8 Å². The second-order valence-electron chi connectivity index (χ2n) is 5.77. The Kier molecular flexibility index (Phi) is 4.62. The fourth-order valence-corrected chi connectivity index (χ4v) is 3.12. The molecule has 2 N–H and O–H groups in total. The molecule has 1 heterocycles. The van der Waals surface area contributed by atoms with Crippen LogP contribution in [-0.4, -0.2) is 18.6 Å². The van der Waals surface area contributed by atoms with Crippen molar-refractivity contribution in [3.63, 3.8) is 0 Å². The predicted molar refractivity (Wildman–Crippen MR) is 93.0 cm³/mol. The van der Waals surface area contributed by atoms with Gasteiger partial charge in [0.2, 0.25) is 0 Å². The molecule has 1 amide bonds. The first kappa shape index (κ1) is 16.6. The molecule has 1 atom stereocenters. The monoisotopic (exact) mass is 348 g/mol. The number of carbonyl (C=O) groups is 1. The van der Waals surface area contributed by atoms with Gasteiger partial charge in [0.1, 0.15) is 11.6 Å². The summed E-state index contributed by atoms with van der Waals surface area (Å²) >= 11 is 5.96. The molecular formula is C18H18ClFN2O2. The van der Waals surface area contributed by atoms with E-state index in [-0.39, 0.29) is 16.7 Å². The molecule has 24 heavy (non-hydrogen) atoms. The number of nitrogens with two attached hydrogens (primary N) is 1. The third-order valence-corrected chi connectivity index (χ3v) is 4.39. The van der Waals surface area contributed by atoms with Crippen molar-refractivity contribution in [2.24, 2.45) is 0 Å². The molecule has 0 saturated heterocycles. The van der Waals surface area contributed by atoms with Crippen LogP contribution >= 0.6 is 11.6 Å². The summed E-state index contributed by atoms with van der Waals surface area (Å²) in [5, 5.41) is 0.137. The first-order valence-corrected chi connectivity index (χ1v) is 8.15. The molecule has 6 heteroatoms. The van der Waals surface area contributed by atoms with Crippen molar-refractivity contribution in [3.05, 3.63) is 52.8 Å². The quantitative estimate of drug-likeness (QED) is 0.858. The Morgan fingerprint density at radius 3 is 2.92 bits per heavy atom. The molecule has 0 bridgehead atoms. The summed E-state index contributed by atoms with van der Waals surface area (Å²) < 4.78 is 18.7. The number of anilines is 2. The van der Waals surface area contributed by atoms with Crippen LogP contribution < -0.4 is 15.4 Å². The van der Waals surface area contributed by atoms with Crippen molar-refractivity contribution in [3.8, 4) is 5.75 Å². The normalized spacial score (nSPS) is 14.9. The lowest BCUT2D eigenvalue weighted by molar-refractivity contribution is -0.124. The Balaban J connectivity index is 1.81. The molecule has 4 nitrogen and oxygen atoms in total. The van der Waals surface area contributed by atoms with E-state index in [4.69, 9.17) is 22.1 Å². The minimum Gasteiger partial charge on any atom is -0.479 e. The number of nitrogens with zero attached hydrogens (tertiary/aromatic N) is 1. The van der Waals surface area contributed by atoms with E-state index in [1.165, 1.54) is 12.1 Å². The zero-order valence-corrected chi connectivity index (χ0v) is 14.0. The van der Waals surface area contributed by atoms with Crippen LogP contribution in [-0.2, 0) is 11.2 Å². The van der Waals surface area contributed by atoms with Crippen molar-refractivity contribution in [2.75, 3.05) is 17.2 Å². The smallest absolute Gasteiger partial charge is 0.267 e. The second kappa shape index (κ2) is 6.69. The summed E-state index contributed by atoms with van der Waals surface area (Å²) in [6.07, 6.45) is 0.947. The van der Waals surface area contributed by atoms with Gasteiger partial charge in [0.05, 0.1) is 5.02 Å². The van der Waals surface area contributed by atoms with Crippen LogP contribution in [0.5, 0.6) is 5.75 Å². The van der Waals surface area contributed by atoms with E-state index in [1.807, 2.05) is 18.2 Å². The average molecular weight is 349 g/mol. The van der Waals surface area contributed by atoms with Gasteiger partial charge in [-0.25, -0.2) is 4.39 Å². The highest BCUT2D eigenvalue weighted by molar-refractivity contribution is 6.32. The topological polar surface area (TPSA) is 55.6 Å². The Labute approximate surface area is 145 Å². The van der Waals surface area contributed by atoms with Crippen molar-refractivity contribution < 1.29 is 13.9 Å². The Morgan fingerprint density at radius 1 is 1.38 bits per heavy atom. The van der Waals surface area contributed by atoms with Gasteiger partial charge in [0.25, 0.3) is 5.91 Å². The molecule has 0 fully saturated rings. The number of halogens is 2. The number of benzene rings is 2. The van der Waals surface area contributed by atoms with Crippen molar-refractivity contribution >= 4 is 28.9 Å². The number of nitrogen functional groups attached to an aromatic ring is 1. The zero-order valence-electron chi connectivity index (χ0n) is 13.3. The maximum absolute atomic E-state index is 13.1. The number of rotatable bonds is 3. The van der Waals surface area contributed by atoms with Crippen molar-refractivity contribution in [1.82, 2.24) is 0 Å². The first-order valence-electron chi connectivity index (χ1n) is 7.78. The van der Waals surface area contributed by atoms with Crippen LogP contribution in [0.2, 0.25) is 5.02 Å². The summed E-state index contributed by atoms with van der Waals surface area (Å²) in [5.74, 6) is -0.350. The average Bonchev–Trinajstić information content (AvgIpc) is 2.56. The summed E-state index contributed by atoms with van der Waals surface area (Å²) in [7, 11) is 0. The van der Waals surface area contributed by atoms with E-state index in [0.29, 0.717) is 12.2 Å². The molecule has 2 aromatic carbocycles. The van der Waals surface area contributed by atoms with Gasteiger partial charge < -0.3 is 15.4 Å². The highest BCUT2D eigenvalue weighted by Crippen LogP contribution is 2.32. The predicted octanol–water partition coefficient (Wildman–Crippen LogP) is 3.81. The highest BCUT2D eigenvalue weighted by Gasteiger charge is 2.28. The summed E-state index contributed by atoms with van der Waals surface area (Å²) in [5.41, 5.74) is 8.53. The highest BCUT2D eigenvalue weighted by atomic mass is 35.5. The maximum Gasteiger partial charge on any atom is 0.267 e. The van der Waals surface area contributed by atoms with Gasteiger partial charge in [-0.1, -0.05) is 17.7 Å². The zero-order chi connectivity index (χ0) is 17.3. The lowest BCUT2D eigenvalue weighted by Gasteiger charge is -2.32. The molecule has 3 rings (SSSR count). The van der Waals surface area contributed by atoms with Crippen LogP contribution in [0.3, 0.4) is 0 Å². The van der Waals surface area contributed by atoms with Gasteiger partial charge >= 0.3 is 0 Å². The van der Waals surface area contributed by atoms with Crippen LogP contribution in [0, 0.1) is 5.82 Å². The summed E-state index contributed by atoms with van der Waals surface area (Å²) in [6, 6.07) is 9.39. The first-order chi connectivity index (χ1) is 11.5. The van der Waals surface area contributed by atoms with Gasteiger partial charge in [0.15, 0.2) is 6.10 Å². The molecule has 126 valence electrons. The minimum atomic E-state index is -0.750. The number of fused-ring (bicyclic) bond motifs is 1. The van der Waals surface area contributed by atoms with Crippen molar-refractivity contribution in [1.29, 1.82) is 0 Å². The van der Waals surface area contributed by atoms with Gasteiger partial charge in [-0.05, 0) is 55.7 Å². The summed E-state index contributed by atoms with van der Waals surface area (Å²) in [6.45, 7) is 2.27. The van der Waals surface area contributed by atoms with Crippen LogP contribution in [0.1, 0.15) is 18.9 Å². The third-order valence-electron chi connectivity index (χ3n) is 4.10. The van der Waals surface area contributed by atoms with Crippen LogP contribution in [0.25, 0.3) is 0 Å². The van der Waals surface area contributed by atoms with E-state index < -0.39 is 11.9 Å². The van der Waals surface area contributed by atoms with Crippen LogP contribution in [0.15, 0.2) is 36.4 Å². The van der Waals surface area contributed by atoms with Gasteiger partial charge in [-0.3, -0.25) is 4.79 Å². The molecule has 0 saturated carbocycles. The van der Waals surface area contributed by atoms with E-state index in [2.05, 4.69) is 0 Å². The molecule has 0 aliphatic carbocycles.